The Hall–Kier alpha value is -1.39. The molecule has 0 saturated carbocycles. The van der Waals surface area contributed by atoms with Crippen LogP contribution in [-0.4, -0.2) is 37.6 Å². The molecular formula is C13H20N2O2. The summed E-state index contributed by atoms with van der Waals surface area (Å²) < 4.78 is 5.01. The first-order chi connectivity index (χ1) is 8.27. The zero-order valence-corrected chi connectivity index (χ0v) is 10.3. The molecule has 1 amide bonds. The second kappa shape index (κ2) is 7.81. The van der Waals surface area contributed by atoms with Crippen molar-refractivity contribution in [3.05, 3.63) is 35.9 Å². The molecule has 1 aromatic carbocycles. The fourth-order valence-electron chi connectivity index (χ4n) is 1.58. The summed E-state index contributed by atoms with van der Waals surface area (Å²) in [5.41, 5.74) is 6.53. The topological polar surface area (TPSA) is 55.6 Å². The second-order valence-corrected chi connectivity index (χ2v) is 3.83. The van der Waals surface area contributed by atoms with Gasteiger partial charge in [0, 0.05) is 33.2 Å². The first kappa shape index (κ1) is 13.7. The summed E-state index contributed by atoms with van der Waals surface area (Å²) in [5, 5.41) is 0. The van der Waals surface area contributed by atoms with Crippen molar-refractivity contribution in [3.63, 3.8) is 0 Å². The third kappa shape index (κ3) is 4.97. The van der Waals surface area contributed by atoms with Crippen LogP contribution in [0.3, 0.4) is 0 Å². The predicted molar refractivity (Wildman–Crippen MR) is 67.4 cm³/mol. The third-order valence-electron chi connectivity index (χ3n) is 2.49. The molecule has 0 fully saturated rings. The van der Waals surface area contributed by atoms with Crippen LogP contribution >= 0.6 is 0 Å². The van der Waals surface area contributed by atoms with Crippen molar-refractivity contribution in [2.24, 2.45) is 5.73 Å². The van der Waals surface area contributed by atoms with Gasteiger partial charge < -0.3 is 15.4 Å². The van der Waals surface area contributed by atoms with E-state index in [9.17, 15) is 4.79 Å². The van der Waals surface area contributed by atoms with Gasteiger partial charge in [0.15, 0.2) is 0 Å². The van der Waals surface area contributed by atoms with Gasteiger partial charge >= 0.3 is 0 Å². The van der Waals surface area contributed by atoms with E-state index in [1.54, 1.807) is 12.0 Å². The lowest BCUT2D eigenvalue weighted by Crippen LogP contribution is -2.34. The third-order valence-corrected chi connectivity index (χ3v) is 2.49. The fraction of sp³-hybridized carbons (Fsp3) is 0.462. The Labute approximate surface area is 102 Å². The minimum atomic E-state index is 0.0772. The molecular weight excluding hydrogens is 216 g/mol. The Kier molecular flexibility index (Phi) is 6.29. The molecule has 4 nitrogen and oxygen atoms in total. The van der Waals surface area contributed by atoms with Gasteiger partial charge in [0.05, 0.1) is 6.61 Å². The summed E-state index contributed by atoms with van der Waals surface area (Å²) in [4.78, 5) is 13.6. The largest absolute Gasteiger partial charge is 0.383 e. The zero-order valence-electron chi connectivity index (χ0n) is 10.3. The van der Waals surface area contributed by atoms with Gasteiger partial charge in [-0.2, -0.15) is 0 Å². The Morgan fingerprint density at radius 3 is 2.65 bits per heavy atom. The standard InChI is InChI=1S/C13H20N2O2/c1-17-10-9-15(13(16)7-8-14)11-12-5-3-2-4-6-12/h2-6H,7-11,14H2,1H3. The highest BCUT2D eigenvalue weighted by Crippen LogP contribution is 2.05. The second-order valence-electron chi connectivity index (χ2n) is 3.83. The molecule has 0 aliphatic heterocycles. The number of nitrogens with two attached hydrogens (primary N) is 1. The maximum Gasteiger partial charge on any atom is 0.224 e. The van der Waals surface area contributed by atoms with E-state index >= 15 is 0 Å². The molecule has 94 valence electrons. The monoisotopic (exact) mass is 236 g/mol. The van der Waals surface area contributed by atoms with Crippen LogP contribution in [0.2, 0.25) is 0 Å². The van der Waals surface area contributed by atoms with Gasteiger partial charge in [0.25, 0.3) is 0 Å². The summed E-state index contributed by atoms with van der Waals surface area (Å²) in [6.45, 7) is 2.15. The SMILES string of the molecule is COCCN(Cc1ccccc1)C(=O)CCN. The van der Waals surface area contributed by atoms with Gasteiger partial charge in [-0.05, 0) is 5.56 Å². The summed E-state index contributed by atoms with van der Waals surface area (Å²) >= 11 is 0. The molecule has 0 radical (unpaired) electrons. The van der Waals surface area contributed by atoms with E-state index < -0.39 is 0 Å². The lowest BCUT2D eigenvalue weighted by atomic mass is 10.2. The Balaban J connectivity index is 2.59. The summed E-state index contributed by atoms with van der Waals surface area (Å²) in [5.74, 6) is 0.0772. The van der Waals surface area contributed by atoms with Crippen LogP contribution < -0.4 is 5.73 Å². The number of hydrogen-bond acceptors (Lipinski definition) is 3. The molecule has 0 saturated heterocycles. The Bertz CT molecular complexity index is 327. The number of rotatable bonds is 7. The molecule has 1 rings (SSSR count). The van der Waals surface area contributed by atoms with Crippen molar-refractivity contribution in [2.45, 2.75) is 13.0 Å². The van der Waals surface area contributed by atoms with E-state index in [4.69, 9.17) is 10.5 Å². The minimum Gasteiger partial charge on any atom is -0.383 e. The molecule has 1 aromatic rings. The van der Waals surface area contributed by atoms with E-state index in [0.717, 1.165) is 5.56 Å². The first-order valence-corrected chi connectivity index (χ1v) is 5.78. The van der Waals surface area contributed by atoms with Crippen LogP contribution in [-0.2, 0) is 16.1 Å². The molecule has 2 N–H and O–H groups in total. The van der Waals surface area contributed by atoms with Crippen LogP contribution in [0.4, 0.5) is 0 Å². The van der Waals surface area contributed by atoms with Gasteiger partial charge in [-0.15, -0.1) is 0 Å². The number of methoxy groups -OCH3 is 1. The number of carbonyl (C=O) groups is 1. The average Bonchev–Trinajstić information content (AvgIpc) is 2.36. The van der Waals surface area contributed by atoms with Gasteiger partial charge in [0.1, 0.15) is 0 Å². The van der Waals surface area contributed by atoms with Crippen LogP contribution in [0.1, 0.15) is 12.0 Å². The lowest BCUT2D eigenvalue weighted by Gasteiger charge is -2.22. The van der Waals surface area contributed by atoms with E-state index in [2.05, 4.69) is 0 Å². The first-order valence-electron chi connectivity index (χ1n) is 5.78. The van der Waals surface area contributed by atoms with E-state index in [1.165, 1.54) is 0 Å². The molecule has 0 unspecified atom stereocenters. The number of amides is 1. The highest BCUT2D eigenvalue weighted by Gasteiger charge is 2.12. The van der Waals surface area contributed by atoms with Crippen molar-refractivity contribution >= 4 is 5.91 Å². The predicted octanol–water partition coefficient (Wildman–Crippen LogP) is 1.01. The molecule has 0 bridgehead atoms. The van der Waals surface area contributed by atoms with E-state index in [0.29, 0.717) is 32.7 Å². The quantitative estimate of drug-likeness (QED) is 0.768. The number of ether oxygens (including phenoxy) is 1. The highest BCUT2D eigenvalue weighted by molar-refractivity contribution is 5.76. The van der Waals surface area contributed by atoms with Crippen LogP contribution in [0, 0.1) is 0 Å². The normalized spacial score (nSPS) is 10.2. The molecule has 0 atom stereocenters. The Morgan fingerprint density at radius 2 is 2.06 bits per heavy atom. The van der Waals surface area contributed by atoms with Gasteiger partial charge in [-0.3, -0.25) is 4.79 Å². The molecule has 0 aliphatic carbocycles. The van der Waals surface area contributed by atoms with Crippen LogP contribution in [0.15, 0.2) is 30.3 Å². The molecule has 0 spiro atoms. The van der Waals surface area contributed by atoms with Crippen molar-refractivity contribution in [3.8, 4) is 0 Å². The van der Waals surface area contributed by atoms with E-state index in [1.807, 2.05) is 30.3 Å². The maximum atomic E-state index is 11.8. The number of hydrogen-bond donors (Lipinski definition) is 1. The average molecular weight is 236 g/mol. The minimum absolute atomic E-state index is 0.0772. The lowest BCUT2D eigenvalue weighted by molar-refractivity contribution is -0.132. The zero-order chi connectivity index (χ0) is 12.5. The summed E-state index contributed by atoms with van der Waals surface area (Å²) in [7, 11) is 1.63. The molecule has 0 heterocycles. The smallest absolute Gasteiger partial charge is 0.224 e. The highest BCUT2D eigenvalue weighted by atomic mass is 16.5. The molecule has 0 aliphatic rings. The molecule has 0 aromatic heterocycles. The summed E-state index contributed by atoms with van der Waals surface area (Å²) in [6.07, 6.45) is 0.385. The van der Waals surface area contributed by atoms with Gasteiger partial charge in [-0.25, -0.2) is 0 Å². The number of carbonyl (C=O) groups excluding carboxylic acids is 1. The molecule has 17 heavy (non-hydrogen) atoms. The van der Waals surface area contributed by atoms with Gasteiger partial charge in [0.2, 0.25) is 5.91 Å². The fourth-order valence-corrected chi connectivity index (χ4v) is 1.58. The number of nitrogens with zero attached hydrogens (tertiary/aromatic N) is 1. The maximum absolute atomic E-state index is 11.8. The summed E-state index contributed by atoms with van der Waals surface area (Å²) in [6, 6.07) is 9.92. The Morgan fingerprint density at radius 1 is 1.35 bits per heavy atom. The van der Waals surface area contributed by atoms with Gasteiger partial charge in [-0.1, -0.05) is 30.3 Å². The number of benzene rings is 1. The van der Waals surface area contributed by atoms with Crippen LogP contribution in [0.25, 0.3) is 0 Å². The van der Waals surface area contributed by atoms with E-state index in [-0.39, 0.29) is 5.91 Å². The van der Waals surface area contributed by atoms with Crippen molar-refractivity contribution < 1.29 is 9.53 Å². The van der Waals surface area contributed by atoms with Crippen molar-refractivity contribution in [1.29, 1.82) is 0 Å². The van der Waals surface area contributed by atoms with Crippen molar-refractivity contribution in [2.75, 3.05) is 26.8 Å². The van der Waals surface area contributed by atoms with Crippen LogP contribution in [0.5, 0.6) is 0 Å². The van der Waals surface area contributed by atoms with Crippen molar-refractivity contribution in [1.82, 2.24) is 4.90 Å². The molecule has 4 heteroatoms.